The molecule has 0 aliphatic rings. The summed E-state index contributed by atoms with van der Waals surface area (Å²) in [5.41, 5.74) is -0.0837. The minimum Gasteiger partial charge on any atom is -0.478 e. The largest absolute Gasteiger partial charge is 0.478 e. The van der Waals surface area contributed by atoms with E-state index in [1.807, 2.05) is 0 Å². The number of hydrogen-bond donors (Lipinski definition) is 2. The molecule has 0 aliphatic heterocycles. The van der Waals surface area contributed by atoms with Crippen molar-refractivity contribution in [3.8, 4) is 0 Å². The molecule has 2 N–H and O–H groups in total. The maximum absolute atomic E-state index is 12.2. The van der Waals surface area contributed by atoms with Crippen LogP contribution in [0.4, 0.5) is 0 Å². The Kier molecular flexibility index (Phi) is 5.04. The molecule has 0 bridgehead atoms. The molecule has 106 valence electrons. The van der Waals surface area contributed by atoms with E-state index in [1.54, 1.807) is 6.92 Å². The number of nitrogens with one attached hydrogen (secondary N) is 1. The summed E-state index contributed by atoms with van der Waals surface area (Å²) in [6.07, 6.45) is 0. The molecule has 9 heteroatoms. The Hall–Kier alpha value is -1.45. The molecule has 0 unspecified atom stereocenters. The number of thiophene rings is 1. The Morgan fingerprint density at radius 2 is 2.11 bits per heavy atom. The topological polar surface area (TPSA) is 104 Å². The molecule has 1 aromatic rings. The van der Waals surface area contributed by atoms with Gasteiger partial charge in [0.15, 0.2) is 0 Å². The van der Waals surface area contributed by atoms with Crippen molar-refractivity contribution in [3.05, 3.63) is 17.0 Å². The summed E-state index contributed by atoms with van der Waals surface area (Å²) in [5, 5.41) is 12.4. The molecule has 0 radical (unpaired) electrons. The SMILES string of the molecule is CCN(CC(=O)NC)S(=O)(=O)c1cc(C(=O)O)cs1. The fraction of sp³-hybridized carbons (Fsp3) is 0.400. The van der Waals surface area contributed by atoms with E-state index in [0.717, 1.165) is 21.7 Å². The highest BCUT2D eigenvalue weighted by molar-refractivity contribution is 7.91. The average molecular weight is 306 g/mol. The Morgan fingerprint density at radius 3 is 2.53 bits per heavy atom. The van der Waals surface area contributed by atoms with E-state index in [9.17, 15) is 18.0 Å². The summed E-state index contributed by atoms with van der Waals surface area (Å²) >= 11 is 0.821. The van der Waals surface area contributed by atoms with Gasteiger partial charge in [0.2, 0.25) is 5.91 Å². The number of carbonyl (C=O) groups excluding carboxylic acids is 1. The normalized spacial score (nSPS) is 11.5. The summed E-state index contributed by atoms with van der Waals surface area (Å²) in [7, 11) is -2.43. The fourth-order valence-electron chi connectivity index (χ4n) is 1.30. The first-order chi connectivity index (χ1) is 8.82. The minimum absolute atomic E-state index is 0.0837. The van der Waals surface area contributed by atoms with Gasteiger partial charge in [-0.3, -0.25) is 4.79 Å². The standard InChI is InChI=1S/C10H14N2O5S2/c1-3-12(5-8(13)11-2)19(16,17)9-4-7(6-18-9)10(14)15/h4,6H,3,5H2,1-2H3,(H,11,13)(H,14,15). The highest BCUT2D eigenvalue weighted by Crippen LogP contribution is 2.23. The molecule has 1 amide bonds. The number of sulfonamides is 1. The van der Waals surface area contributed by atoms with Gasteiger partial charge in [0.25, 0.3) is 10.0 Å². The quantitative estimate of drug-likeness (QED) is 0.781. The van der Waals surface area contributed by atoms with Crippen molar-refractivity contribution < 1.29 is 23.1 Å². The predicted molar refractivity (Wildman–Crippen MR) is 69.8 cm³/mol. The number of nitrogens with zero attached hydrogens (tertiary/aromatic N) is 1. The number of amides is 1. The maximum Gasteiger partial charge on any atom is 0.336 e. The van der Waals surface area contributed by atoms with Gasteiger partial charge in [0.05, 0.1) is 12.1 Å². The third-order valence-corrected chi connectivity index (χ3v) is 5.70. The Labute approximate surface area is 114 Å². The van der Waals surface area contributed by atoms with E-state index in [0.29, 0.717) is 0 Å². The molecule has 1 heterocycles. The first-order valence-electron chi connectivity index (χ1n) is 5.35. The molecule has 0 fully saturated rings. The van der Waals surface area contributed by atoms with Crippen LogP contribution in [0.5, 0.6) is 0 Å². The second kappa shape index (κ2) is 6.13. The Morgan fingerprint density at radius 1 is 1.47 bits per heavy atom. The second-order valence-electron chi connectivity index (χ2n) is 3.56. The van der Waals surface area contributed by atoms with Crippen LogP contribution in [0.2, 0.25) is 0 Å². The zero-order valence-corrected chi connectivity index (χ0v) is 12.0. The Bertz CT molecular complexity index is 578. The zero-order valence-electron chi connectivity index (χ0n) is 10.4. The van der Waals surface area contributed by atoms with Gasteiger partial charge in [-0.15, -0.1) is 11.3 Å². The monoisotopic (exact) mass is 306 g/mol. The highest BCUT2D eigenvalue weighted by Gasteiger charge is 2.27. The fourth-order valence-corrected chi connectivity index (χ4v) is 4.01. The lowest BCUT2D eigenvalue weighted by Gasteiger charge is -2.18. The summed E-state index contributed by atoms with van der Waals surface area (Å²) in [6, 6.07) is 1.09. The van der Waals surface area contributed by atoms with Gasteiger partial charge in [-0.2, -0.15) is 4.31 Å². The van der Waals surface area contributed by atoms with Crippen LogP contribution in [-0.4, -0.2) is 49.8 Å². The molecule has 0 saturated carbocycles. The number of hydrogen-bond acceptors (Lipinski definition) is 5. The number of aromatic carboxylic acids is 1. The van der Waals surface area contributed by atoms with Crippen molar-refractivity contribution in [1.29, 1.82) is 0 Å². The molecule has 19 heavy (non-hydrogen) atoms. The Balaban J connectivity index is 3.06. The molecule has 7 nitrogen and oxygen atoms in total. The number of carbonyl (C=O) groups is 2. The highest BCUT2D eigenvalue weighted by atomic mass is 32.2. The van der Waals surface area contributed by atoms with E-state index in [4.69, 9.17) is 5.11 Å². The molecule has 0 aromatic carbocycles. The van der Waals surface area contributed by atoms with Crippen LogP contribution in [-0.2, 0) is 14.8 Å². The van der Waals surface area contributed by atoms with E-state index in [-0.39, 0.29) is 22.9 Å². The van der Waals surface area contributed by atoms with Crippen molar-refractivity contribution in [2.45, 2.75) is 11.1 Å². The maximum atomic E-state index is 12.2. The van der Waals surface area contributed by atoms with Gasteiger partial charge in [0.1, 0.15) is 4.21 Å². The molecular formula is C10H14N2O5S2. The lowest BCUT2D eigenvalue weighted by Crippen LogP contribution is -2.39. The van der Waals surface area contributed by atoms with Crippen molar-refractivity contribution in [3.63, 3.8) is 0 Å². The summed E-state index contributed by atoms with van der Waals surface area (Å²) in [5.74, 6) is -1.62. The molecule has 0 atom stereocenters. The van der Waals surface area contributed by atoms with Crippen LogP contribution >= 0.6 is 11.3 Å². The van der Waals surface area contributed by atoms with Crippen molar-refractivity contribution in [1.82, 2.24) is 9.62 Å². The summed E-state index contributed by atoms with van der Waals surface area (Å²) < 4.78 is 25.3. The number of carboxylic acid groups (broad SMARTS) is 1. The van der Waals surface area contributed by atoms with Gasteiger partial charge in [-0.05, 0) is 6.07 Å². The molecule has 1 aromatic heterocycles. The first-order valence-corrected chi connectivity index (χ1v) is 7.67. The third-order valence-electron chi connectivity index (χ3n) is 2.37. The van der Waals surface area contributed by atoms with E-state index >= 15 is 0 Å². The first kappa shape index (κ1) is 15.6. The molecule has 1 rings (SSSR count). The second-order valence-corrected chi connectivity index (χ2v) is 6.64. The lowest BCUT2D eigenvalue weighted by molar-refractivity contribution is -0.120. The predicted octanol–water partition coefficient (Wildman–Crippen LogP) is 0.203. The van der Waals surface area contributed by atoms with Crippen LogP contribution in [0.25, 0.3) is 0 Å². The third kappa shape index (κ3) is 3.52. The lowest BCUT2D eigenvalue weighted by atomic mass is 10.4. The smallest absolute Gasteiger partial charge is 0.336 e. The van der Waals surface area contributed by atoms with E-state index in [2.05, 4.69) is 5.32 Å². The average Bonchev–Trinajstić information content (AvgIpc) is 2.85. The van der Waals surface area contributed by atoms with Crippen LogP contribution in [0.1, 0.15) is 17.3 Å². The van der Waals surface area contributed by atoms with Crippen molar-refractivity contribution >= 4 is 33.2 Å². The van der Waals surface area contributed by atoms with Crippen molar-refractivity contribution in [2.75, 3.05) is 20.1 Å². The zero-order chi connectivity index (χ0) is 14.6. The summed E-state index contributed by atoms with van der Waals surface area (Å²) in [6.45, 7) is 1.43. The van der Waals surface area contributed by atoms with Crippen LogP contribution in [0, 0.1) is 0 Å². The number of carboxylic acids is 1. The molecule has 0 spiro atoms. The number of likely N-dealkylation sites (N-methyl/N-ethyl adjacent to an activating group) is 2. The van der Waals surface area contributed by atoms with Gasteiger partial charge >= 0.3 is 5.97 Å². The molecular weight excluding hydrogens is 292 g/mol. The van der Waals surface area contributed by atoms with Crippen LogP contribution in [0.3, 0.4) is 0 Å². The number of rotatable bonds is 6. The van der Waals surface area contributed by atoms with Crippen LogP contribution < -0.4 is 5.32 Å². The minimum atomic E-state index is -3.84. The van der Waals surface area contributed by atoms with Gasteiger partial charge < -0.3 is 10.4 Å². The van der Waals surface area contributed by atoms with Gasteiger partial charge in [-0.1, -0.05) is 6.92 Å². The van der Waals surface area contributed by atoms with Crippen molar-refractivity contribution in [2.24, 2.45) is 0 Å². The van der Waals surface area contributed by atoms with E-state index < -0.39 is 21.9 Å². The molecule has 0 aliphatic carbocycles. The van der Waals surface area contributed by atoms with Crippen LogP contribution in [0.15, 0.2) is 15.7 Å². The van der Waals surface area contributed by atoms with Gasteiger partial charge in [-0.25, -0.2) is 13.2 Å². The van der Waals surface area contributed by atoms with Gasteiger partial charge in [0, 0.05) is 19.0 Å². The van der Waals surface area contributed by atoms with E-state index in [1.165, 1.54) is 12.4 Å². The summed E-state index contributed by atoms with van der Waals surface area (Å²) in [4.78, 5) is 22.0. The molecule has 0 saturated heterocycles.